The van der Waals surface area contributed by atoms with Gasteiger partial charge in [0.15, 0.2) is 5.16 Å². The van der Waals surface area contributed by atoms with Gasteiger partial charge in [0.05, 0.1) is 35.0 Å². The van der Waals surface area contributed by atoms with Gasteiger partial charge in [0.25, 0.3) is 5.56 Å². The number of aromatic nitrogens is 2. The molecule has 1 N–H and O–H groups in total. The number of fused-ring (bicyclic) bond motifs is 2. The highest BCUT2D eigenvalue weighted by atomic mass is 32.2. The van der Waals surface area contributed by atoms with Crippen molar-refractivity contribution in [2.75, 3.05) is 0 Å². The van der Waals surface area contributed by atoms with Gasteiger partial charge >= 0.3 is 0 Å². The lowest BCUT2D eigenvalue weighted by Crippen LogP contribution is -2.36. The average molecular weight is 460 g/mol. The predicted molar refractivity (Wildman–Crippen MR) is 129 cm³/mol. The predicted octanol–water partition coefficient (Wildman–Crippen LogP) is 4.71. The molecule has 0 saturated carbocycles. The fraction of sp³-hybridized carbons (Fsp3) is 0.269. The fourth-order valence-corrected chi connectivity index (χ4v) is 5.26. The molecule has 2 atom stereocenters. The zero-order valence-corrected chi connectivity index (χ0v) is 19.2. The van der Waals surface area contributed by atoms with E-state index in [9.17, 15) is 9.59 Å². The first-order valence-corrected chi connectivity index (χ1v) is 12.0. The molecular formula is C26H25N3O3S. The fourth-order valence-electron chi connectivity index (χ4n) is 4.34. The van der Waals surface area contributed by atoms with E-state index in [4.69, 9.17) is 9.40 Å². The Balaban J connectivity index is 1.41. The molecule has 2 aromatic heterocycles. The van der Waals surface area contributed by atoms with Crippen LogP contribution in [0.4, 0.5) is 0 Å². The Morgan fingerprint density at radius 3 is 2.85 bits per heavy atom. The van der Waals surface area contributed by atoms with Gasteiger partial charge in [-0.05, 0) is 61.6 Å². The molecule has 2 unspecified atom stereocenters. The minimum Gasteiger partial charge on any atom is -0.467 e. The molecule has 1 aliphatic rings. The van der Waals surface area contributed by atoms with Gasteiger partial charge in [0, 0.05) is 0 Å². The lowest BCUT2D eigenvalue weighted by Gasteiger charge is -2.27. The van der Waals surface area contributed by atoms with E-state index >= 15 is 0 Å². The molecule has 0 aliphatic heterocycles. The van der Waals surface area contributed by atoms with Gasteiger partial charge in [0.2, 0.25) is 5.91 Å². The molecule has 5 rings (SSSR count). The van der Waals surface area contributed by atoms with Crippen molar-refractivity contribution < 1.29 is 9.21 Å². The van der Waals surface area contributed by atoms with Crippen LogP contribution in [-0.4, -0.2) is 20.7 Å². The number of hydrogen-bond acceptors (Lipinski definition) is 5. The molecule has 2 aromatic carbocycles. The SMILES string of the molecule is CC(Sc1nc2ccccc2c(=O)n1Cc1ccco1)C(=O)NC1CCCc2ccccc21. The van der Waals surface area contributed by atoms with Crippen molar-refractivity contribution in [1.82, 2.24) is 14.9 Å². The number of benzene rings is 2. The number of nitrogens with zero attached hydrogens (tertiary/aromatic N) is 2. The molecule has 33 heavy (non-hydrogen) atoms. The van der Waals surface area contributed by atoms with E-state index < -0.39 is 5.25 Å². The molecule has 6 nitrogen and oxygen atoms in total. The van der Waals surface area contributed by atoms with Crippen LogP contribution in [0, 0.1) is 0 Å². The monoisotopic (exact) mass is 459 g/mol. The average Bonchev–Trinajstić information content (AvgIpc) is 3.35. The van der Waals surface area contributed by atoms with Gasteiger partial charge < -0.3 is 9.73 Å². The summed E-state index contributed by atoms with van der Waals surface area (Å²) in [5.41, 5.74) is 2.98. The van der Waals surface area contributed by atoms with E-state index in [1.807, 2.05) is 43.3 Å². The number of para-hydroxylation sites is 1. The van der Waals surface area contributed by atoms with E-state index in [2.05, 4.69) is 17.4 Å². The van der Waals surface area contributed by atoms with Crippen molar-refractivity contribution in [1.29, 1.82) is 0 Å². The van der Waals surface area contributed by atoms with Gasteiger partial charge in [-0.3, -0.25) is 14.2 Å². The molecule has 0 radical (unpaired) electrons. The Bertz CT molecular complexity index is 1350. The molecule has 0 saturated heterocycles. The third-order valence-electron chi connectivity index (χ3n) is 6.06. The van der Waals surface area contributed by atoms with Crippen molar-refractivity contribution in [3.63, 3.8) is 0 Å². The number of furan rings is 1. The van der Waals surface area contributed by atoms with Crippen LogP contribution in [0.25, 0.3) is 10.9 Å². The van der Waals surface area contributed by atoms with Gasteiger partial charge in [-0.25, -0.2) is 4.98 Å². The molecular weight excluding hydrogens is 434 g/mol. The topological polar surface area (TPSA) is 77.1 Å². The van der Waals surface area contributed by atoms with Crippen LogP contribution in [0.5, 0.6) is 0 Å². The Morgan fingerprint density at radius 1 is 1.18 bits per heavy atom. The third kappa shape index (κ3) is 4.46. The number of carbonyl (C=O) groups is 1. The Hall–Kier alpha value is -3.32. The van der Waals surface area contributed by atoms with Gasteiger partial charge in [0.1, 0.15) is 5.76 Å². The summed E-state index contributed by atoms with van der Waals surface area (Å²) < 4.78 is 7.06. The standard InChI is InChI=1S/C26H25N3O3S/c1-17(24(30)27-22-14-6-9-18-8-2-3-11-20(18)22)33-26-28-23-13-5-4-12-21(23)25(31)29(26)16-19-10-7-15-32-19/h2-5,7-8,10-13,15,17,22H,6,9,14,16H2,1H3,(H,27,30). The number of thioether (sulfide) groups is 1. The van der Waals surface area contributed by atoms with Crippen molar-refractivity contribution >= 4 is 28.6 Å². The largest absolute Gasteiger partial charge is 0.467 e. The molecule has 0 fully saturated rings. The highest BCUT2D eigenvalue weighted by Gasteiger charge is 2.25. The summed E-state index contributed by atoms with van der Waals surface area (Å²) in [6.45, 7) is 2.11. The van der Waals surface area contributed by atoms with E-state index in [1.54, 1.807) is 23.0 Å². The van der Waals surface area contributed by atoms with Crippen LogP contribution in [0.2, 0.25) is 0 Å². The summed E-state index contributed by atoms with van der Waals surface area (Å²) in [6.07, 6.45) is 4.61. The summed E-state index contributed by atoms with van der Waals surface area (Å²) >= 11 is 1.30. The second kappa shape index (κ2) is 9.27. The van der Waals surface area contributed by atoms with Gasteiger partial charge in [-0.15, -0.1) is 0 Å². The number of nitrogens with one attached hydrogen (secondary N) is 1. The molecule has 1 amide bonds. The number of rotatable bonds is 6. The molecule has 4 aromatic rings. The summed E-state index contributed by atoms with van der Waals surface area (Å²) in [4.78, 5) is 31.1. The van der Waals surface area contributed by atoms with Crippen LogP contribution in [0.15, 0.2) is 81.3 Å². The maximum atomic E-state index is 13.2. The molecule has 0 spiro atoms. The zero-order valence-electron chi connectivity index (χ0n) is 18.4. The quantitative estimate of drug-likeness (QED) is 0.334. The highest BCUT2D eigenvalue weighted by molar-refractivity contribution is 8.00. The number of hydrogen-bond donors (Lipinski definition) is 1. The Morgan fingerprint density at radius 2 is 2.00 bits per heavy atom. The van der Waals surface area contributed by atoms with E-state index in [0.717, 1.165) is 19.3 Å². The van der Waals surface area contributed by atoms with Crippen LogP contribution >= 0.6 is 11.8 Å². The number of aryl methyl sites for hydroxylation is 1. The Kier molecular flexibility index (Phi) is 6.05. The van der Waals surface area contributed by atoms with Crippen molar-refractivity contribution in [2.24, 2.45) is 0 Å². The van der Waals surface area contributed by atoms with Crippen LogP contribution < -0.4 is 10.9 Å². The lowest BCUT2D eigenvalue weighted by molar-refractivity contribution is -0.121. The van der Waals surface area contributed by atoms with Gasteiger partial charge in [-0.2, -0.15) is 0 Å². The molecule has 0 bridgehead atoms. The molecule has 1 aliphatic carbocycles. The zero-order chi connectivity index (χ0) is 22.8. The van der Waals surface area contributed by atoms with Gasteiger partial charge in [-0.1, -0.05) is 48.2 Å². The molecule has 168 valence electrons. The van der Waals surface area contributed by atoms with Crippen molar-refractivity contribution in [2.45, 2.75) is 49.2 Å². The minimum absolute atomic E-state index is 0.0142. The van der Waals surface area contributed by atoms with E-state index in [-0.39, 0.29) is 24.1 Å². The maximum Gasteiger partial charge on any atom is 0.262 e. The van der Waals surface area contributed by atoms with E-state index in [0.29, 0.717) is 21.8 Å². The van der Waals surface area contributed by atoms with E-state index in [1.165, 1.54) is 22.9 Å². The maximum absolute atomic E-state index is 13.2. The summed E-state index contributed by atoms with van der Waals surface area (Å²) in [5, 5.41) is 3.84. The van der Waals surface area contributed by atoms with Crippen LogP contribution in [0.1, 0.15) is 42.7 Å². The summed E-state index contributed by atoms with van der Waals surface area (Å²) in [7, 11) is 0. The minimum atomic E-state index is -0.421. The third-order valence-corrected chi connectivity index (χ3v) is 7.15. The first-order valence-electron chi connectivity index (χ1n) is 11.2. The van der Waals surface area contributed by atoms with Crippen molar-refractivity contribution in [3.8, 4) is 0 Å². The van der Waals surface area contributed by atoms with Crippen LogP contribution in [0.3, 0.4) is 0 Å². The molecule has 2 heterocycles. The second-order valence-electron chi connectivity index (χ2n) is 8.29. The number of carbonyl (C=O) groups excluding carboxylic acids is 1. The smallest absolute Gasteiger partial charge is 0.262 e. The first-order chi connectivity index (χ1) is 16.1. The van der Waals surface area contributed by atoms with Crippen molar-refractivity contribution in [3.05, 3.63) is 94.2 Å². The van der Waals surface area contributed by atoms with Crippen LogP contribution in [-0.2, 0) is 17.8 Å². The summed E-state index contributed by atoms with van der Waals surface area (Å²) in [6, 6.07) is 19.2. The first kappa shape index (κ1) is 21.5. The number of amides is 1. The highest BCUT2D eigenvalue weighted by Crippen LogP contribution is 2.30. The lowest BCUT2D eigenvalue weighted by atomic mass is 9.88. The molecule has 7 heteroatoms. The normalized spacial score (nSPS) is 16.3. The summed E-state index contributed by atoms with van der Waals surface area (Å²) in [5.74, 6) is 0.598. The second-order valence-corrected chi connectivity index (χ2v) is 9.60. The Labute approximate surface area is 196 Å².